The Balaban J connectivity index is 1.92. The fourth-order valence-corrected chi connectivity index (χ4v) is 4.07. The van der Waals surface area contributed by atoms with Gasteiger partial charge in [-0.3, -0.25) is 19.8 Å². The lowest BCUT2D eigenvalue weighted by Crippen LogP contribution is -2.27. The zero-order chi connectivity index (χ0) is 18.8. The summed E-state index contributed by atoms with van der Waals surface area (Å²) in [6, 6.07) is 11.8. The maximum Gasteiger partial charge on any atom is 0.271 e. The van der Waals surface area contributed by atoms with Crippen molar-refractivity contribution in [1.29, 1.82) is 0 Å². The number of nitrogens with zero attached hydrogens (tertiary/aromatic N) is 2. The fraction of sp³-hybridized carbons (Fsp3) is 0.0588. The number of nitro groups is 1. The predicted octanol–water partition coefficient (Wildman–Crippen LogP) is 4.46. The van der Waals surface area contributed by atoms with Gasteiger partial charge in [-0.05, 0) is 27.6 Å². The van der Waals surface area contributed by atoms with Gasteiger partial charge in [0, 0.05) is 17.7 Å². The molecule has 6 nitrogen and oxygen atoms in total. The molecule has 26 heavy (non-hydrogen) atoms. The molecule has 3 rings (SSSR count). The number of carbonyl (C=O) groups excluding carboxylic acids is 1. The molecule has 132 valence electrons. The molecular weight excluding hydrogens is 440 g/mol. The largest absolute Gasteiger partial charge is 0.506 e. The van der Waals surface area contributed by atoms with Gasteiger partial charge in [-0.15, -0.1) is 0 Å². The van der Waals surface area contributed by atoms with Crippen LogP contribution in [0.25, 0.3) is 6.08 Å². The number of hydrogen-bond donors (Lipinski definition) is 1. The van der Waals surface area contributed by atoms with Crippen LogP contribution in [0.1, 0.15) is 11.1 Å². The minimum Gasteiger partial charge on any atom is -0.506 e. The number of nitro benzene ring substituents is 1. The first-order valence-electron chi connectivity index (χ1n) is 7.33. The van der Waals surface area contributed by atoms with Gasteiger partial charge >= 0.3 is 0 Å². The Morgan fingerprint density at radius 3 is 2.65 bits per heavy atom. The van der Waals surface area contributed by atoms with Crippen LogP contribution in [0.15, 0.2) is 51.8 Å². The summed E-state index contributed by atoms with van der Waals surface area (Å²) in [7, 11) is 0. The van der Waals surface area contributed by atoms with E-state index in [9.17, 15) is 20.0 Å². The predicted molar refractivity (Wildman–Crippen MR) is 108 cm³/mol. The molecule has 0 unspecified atom stereocenters. The van der Waals surface area contributed by atoms with Crippen LogP contribution < -0.4 is 0 Å². The van der Waals surface area contributed by atoms with Gasteiger partial charge in [-0.1, -0.05) is 54.3 Å². The van der Waals surface area contributed by atoms with E-state index in [0.717, 1.165) is 17.3 Å². The molecule has 1 aliphatic heterocycles. The Hall–Kier alpha value is -2.23. The number of carbonyl (C=O) groups is 1. The third-order valence-corrected chi connectivity index (χ3v) is 5.61. The SMILES string of the molecule is O=C1/C(=C\c2cc([N+](=O)[O-])cc(Br)c2O)SC(=S)N1Cc1ccccc1. The average Bonchev–Trinajstić information content (AvgIpc) is 2.87. The topological polar surface area (TPSA) is 83.7 Å². The van der Waals surface area contributed by atoms with Crippen molar-refractivity contribution in [1.82, 2.24) is 4.90 Å². The Morgan fingerprint density at radius 2 is 2.00 bits per heavy atom. The molecule has 0 atom stereocenters. The third-order valence-electron chi connectivity index (χ3n) is 3.63. The number of rotatable bonds is 4. The molecule has 1 heterocycles. The lowest BCUT2D eigenvalue weighted by molar-refractivity contribution is -0.385. The molecule has 0 aliphatic carbocycles. The quantitative estimate of drug-likeness (QED) is 0.320. The van der Waals surface area contributed by atoms with E-state index in [1.54, 1.807) is 0 Å². The molecule has 2 aromatic carbocycles. The van der Waals surface area contributed by atoms with Crippen molar-refractivity contribution in [2.24, 2.45) is 0 Å². The Labute approximate surface area is 166 Å². The first-order chi connectivity index (χ1) is 12.4. The van der Waals surface area contributed by atoms with Crippen molar-refractivity contribution in [2.45, 2.75) is 6.54 Å². The van der Waals surface area contributed by atoms with Crippen LogP contribution in [0.3, 0.4) is 0 Å². The van der Waals surface area contributed by atoms with Crippen LogP contribution in [0.2, 0.25) is 0 Å². The molecule has 1 amide bonds. The van der Waals surface area contributed by atoms with Crippen molar-refractivity contribution in [3.63, 3.8) is 0 Å². The van der Waals surface area contributed by atoms with E-state index in [1.807, 2.05) is 30.3 Å². The van der Waals surface area contributed by atoms with Crippen LogP contribution >= 0.6 is 39.9 Å². The molecule has 1 fully saturated rings. The molecule has 0 radical (unpaired) electrons. The van der Waals surface area contributed by atoms with E-state index in [2.05, 4.69) is 15.9 Å². The smallest absolute Gasteiger partial charge is 0.271 e. The number of hydrogen-bond acceptors (Lipinski definition) is 6. The highest BCUT2D eigenvalue weighted by Crippen LogP contribution is 2.38. The summed E-state index contributed by atoms with van der Waals surface area (Å²) >= 11 is 9.47. The van der Waals surface area contributed by atoms with Crippen LogP contribution in [0.4, 0.5) is 5.69 Å². The molecule has 1 saturated heterocycles. The molecule has 9 heteroatoms. The van der Waals surface area contributed by atoms with E-state index < -0.39 is 4.92 Å². The normalized spacial score (nSPS) is 15.7. The maximum atomic E-state index is 12.7. The number of phenolic OH excluding ortho intramolecular Hbond substituents is 1. The second-order valence-electron chi connectivity index (χ2n) is 5.38. The van der Waals surface area contributed by atoms with E-state index in [-0.39, 0.29) is 27.4 Å². The number of benzene rings is 2. The van der Waals surface area contributed by atoms with E-state index in [0.29, 0.717) is 15.8 Å². The standard InChI is InChI=1S/C17H11BrN2O4S2/c18-13-8-12(20(23)24)6-11(15(13)21)7-14-16(22)19(17(25)26-14)9-10-4-2-1-3-5-10/h1-8,21H,9H2/b14-7+. The summed E-state index contributed by atoms with van der Waals surface area (Å²) in [5.74, 6) is -0.477. The third kappa shape index (κ3) is 3.79. The highest BCUT2D eigenvalue weighted by atomic mass is 79.9. The van der Waals surface area contributed by atoms with Gasteiger partial charge in [0.1, 0.15) is 10.1 Å². The number of thiocarbonyl (C=S) groups is 1. The van der Waals surface area contributed by atoms with Gasteiger partial charge < -0.3 is 5.11 Å². The van der Waals surface area contributed by atoms with Crippen LogP contribution in [-0.2, 0) is 11.3 Å². The minimum atomic E-state index is -0.567. The zero-order valence-corrected chi connectivity index (χ0v) is 16.3. The molecule has 1 aliphatic rings. The number of non-ortho nitro benzene ring substituents is 1. The molecule has 1 N–H and O–H groups in total. The molecule has 0 aromatic heterocycles. The van der Waals surface area contributed by atoms with Gasteiger partial charge in [0.15, 0.2) is 0 Å². The Morgan fingerprint density at radius 1 is 1.31 bits per heavy atom. The maximum absolute atomic E-state index is 12.7. The second kappa shape index (κ2) is 7.56. The molecule has 0 bridgehead atoms. The van der Waals surface area contributed by atoms with Crippen LogP contribution in [0.5, 0.6) is 5.75 Å². The Kier molecular flexibility index (Phi) is 5.40. The summed E-state index contributed by atoms with van der Waals surface area (Å²) in [6.45, 7) is 0.341. The zero-order valence-electron chi connectivity index (χ0n) is 13.1. The van der Waals surface area contributed by atoms with Crippen molar-refractivity contribution in [3.05, 3.63) is 73.1 Å². The first-order valence-corrected chi connectivity index (χ1v) is 9.35. The molecule has 0 saturated carbocycles. The monoisotopic (exact) mass is 450 g/mol. The average molecular weight is 451 g/mol. The first kappa shape index (κ1) is 18.6. The van der Waals surface area contributed by atoms with E-state index in [4.69, 9.17) is 12.2 Å². The highest BCUT2D eigenvalue weighted by molar-refractivity contribution is 9.10. The molecule has 0 spiro atoms. The van der Waals surface area contributed by atoms with Gasteiger partial charge in [0.2, 0.25) is 0 Å². The molecule has 2 aromatic rings. The summed E-state index contributed by atoms with van der Waals surface area (Å²) < 4.78 is 0.576. The number of halogens is 1. The summed E-state index contributed by atoms with van der Waals surface area (Å²) in [5, 5.41) is 21.1. The second-order valence-corrected chi connectivity index (χ2v) is 7.91. The van der Waals surface area contributed by atoms with E-state index >= 15 is 0 Å². The summed E-state index contributed by atoms with van der Waals surface area (Å²) in [5.41, 5.74) is 0.915. The van der Waals surface area contributed by atoms with Gasteiger partial charge in [0.05, 0.1) is 20.8 Å². The lowest BCUT2D eigenvalue weighted by atomic mass is 10.1. The van der Waals surface area contributed by atoms with Crippen molar-refractivity contribution in [3.8, 4) is 5.75 Å². The number of aromatic hydroxyl groups is 1. The molecular formula is C17H11BrN2O4S2. The highest BCUT2D eigenvalue weighted by Gasteiger charge is 2.32. The van der Waals surface area contributed by atoms with Crippen molar-refractivity contribution in [2.75, 3.05) is 0 Å². The fourth-order valence-electron chi connectivity index (χ4n) is 2.36. The number of amides is 1. The Bertz CT molecular complexity index is 947. The minimum absolute atomic E-state index is 0.172. The van der Waals surface area contributed by atoms with Crippen LogP contribution in [-0.4, -0.2) is 25.2 Å². The number of phenols is 1. The van der Waals surface area contributed by atoms with Crippen molar-refractivity contribution >= 4 is 61.9 Å². The number of thioether (sulfide) groups is 1. The van der Waals surface area contributed by atoms with Crippen molar-refractivity contribution < 1.29 is 14.8 Å². The van der Waals surface area contributed by atoms with Gasteiger partial charge in [-0.25, -0.2) is 0 Å². The van der Waals surface area contributed by atoms with Gasteiger partial charge in [-0.2, -0.15) is 0 Å². The summed E-state index contributed by atoms with van der Waals surface area (Å²) in [4.78, 5) is 24.9. The van der Waals surface area contributed by atoms with Crippen LogP contribution in [0, 0.1) is 10.1 Å². The van der Waals surface area contributed by atoms with E-state index in [1.165, 1.54) is 23.1 Å². The lowest BCUT2D eigenvalue weighted by Gasteiger charge is -2.14. The van der Waals surface area contributed by atoms with Gasteiger partial charge in [0.25, 0.3) is 11.6 Å². The summed E-state index contributed by atoms with van der Waals surface area (Å²) in [6.07, 6.45) is 1.41.